The Morgan fingerprint density at radius 2 is 1.70 bits per heavy atom. The van der Waals surface area contributed by atoms with Crippen LogP contribution in [0.3, 0.4) is 0 Å². The van der Waals surface area contributed by atoms with Gasteiger partial charge in [-0.25, -0.2) is 0 Å². The number of rotatable bonds is 4. The van der Waals surface area contributed by atoms with Gasteiger partial charge in [-0.1, -0.05) is 73.1 Å². The molecule has 1 aromatic heterocycles. The molecular weight excluding hydrogens is 635 g/mol. The Hall–Kier alpha value is -1.58. The Bertz CT molecular complexity index is 1170. The van der Waals surface area contributed by atoms with E-state index in [4.69, 9.17) is 0 Å². The Morgan fingerprint density at radius 1 is 0.973 bits per heavy atom. The molecule has 2 saturated carbocycles. The number of hydrogen-bond donors (Lipinski definition) is 2. The van der Waals surface area contributed by atoms with E-state index < -0.39 is 0 Å². The normalized spacial score (nSPS) is 26.7. The maximum atomic E-state index is 10.3. The van der Waals surface area contributed by atoms with E-state index in [-0.39, 0.29) is 38.2 Å². The zero-order valence-corrected chi connectivity index (χ0v) is 25.9. The fraction of sp³-hybridized carbons (Fsp3) is 0.545. The van der Waals surface area contributed by atoms with Gasteiger partial charge < -0.3 is 15.2 Å². The molecule has 1 radical (unpaired) electrons. The van der Waals surface area contributed by atoms with Crippen molar-refractivity contribution in [2.75, 3.05) is 0 Å². The molecule has 0 spiro atoms. The van der Waals surface area contributed by atoms with Crippen molar-refractivity contribution in [2.45, 2.75) is 85.9 Å². The quantitative estimate of drug-likeness (QED) is 0.282. The molecule has 2 fully saturated rings. The number of benzene rings is 2. The summed E-state index contributed by atoms with van der Waals surface area (Å²) in [6.07, 6.45) is 4.67. The monoisotopic (exact) mass is 679 g/mol. The standard InChI is InChI=1S/C20H20N.C13H24O2.Ir/c1-13(2)17-6-5-16-7-8-21-20(19(16)12-17)18-10-14(3)9-15(4)11-18;1-4-8-5-9-6-10(7(2)3)13(15)11(9)12(8)14;/h5-10,12-13H,1-4H3;7-15H,4-6H2,1-3H3;/q-1;;/t;8-,9?,10+,11?,12?,13?;/m.0./s1. The number of nitrogens with zero attached hydrogens (tertiary/aromatic N) is 1. The van der Waals surface area contributed by atoms with E-state index in [1.54, 1.807) is 0 Å². The third-order valence-electron chi connectivity index (χ3n) is 8.68. The zero-order valence-electron chi connectivity index (χ0n) is 23.5. The van der Waals surface area contributed by atoms with Gasteiger partial charge in [0.15, 0.2) is 0 Å². The molecule has 2 aromatic carbocycles. The van der Waals surface area contributed by atoms with Crippen LogP contribution in [0.2, 0.25) is 0 Å². The van der Waals surface area contributed by atoms with Crippen molar-refractivity contribution in [3.63, 3.8) is 0 Å². The van der Waals surface area contributed by atoms with Crippen LogP contribution in [0.1, 0.15) is 76.5 Å². The van der Waals surface area contributed by atoms with Crippen molar-refractivity contribution in [3.8, 4) is 11.3 Å². The van der Waals surface area contributed by atoms with Crippen molar-refractivity contribution < 1.29 is 30.3 Å². The van der Waals surface area contributed by atoms with Crippen molar-refractivity contribution in [1.82, 2.24) is 4.98 Å². The van der Waals surface area contributed by atoms with Crippen LogP contribution < -0.4 is 0 Å². The van der Waals surface area contributed by atoms with Gasteiger partial charge in [-0.05, 0) is 70.5 Å². The van der Waals surface area contributed by atoms with Gasteiger partial charge in [0.25, 0.3) is 0 Å². The molecule has 1 heterocycles. The van der Waals surface area contributed by atoms with Gasteiger partial charge in [-0.15, -0.1) is 34.9 Å². The van der Waals surface area contributed by atoms with Crippen molar-refractivity contribution >= 4 is 10.8 Å². The van der Waals surface area contributed by atoms with E-state index in [9.17, 15) is 10.2 Å². The molecule has 37 heavy (non-hydrogen) atoms. The summed E-state index contributed by atoms with van der Waals surface area (Å²) in [6.45, 7) is 15.1. The molecule has 4 heteroatoms. The number of aromatic nitrogens is 1. The van der Waals surface area contributed by atoms with E-state index >= 15 is 0 Å². The molecular formula is C33H44IrNO2-. The largest absolute Gasteiger partial charge is 0.392 e. The van der Waals surface area contributed by atoms with E-state index in [1.807, 2.05) is 6.20 Å². The molecule has 3 aromatic rings. The van der Waals surface area contributed by atoms with Crippen LogP contribution in [0.15, 0.2) is 42.6 Å². The molecule has 2 N–H and O–H groups in total. The molecule has 6 atom stereocenters. The van der Waals surface area contributed by atoms with Crippen molar-refractivity contribution in [2.24, 2.45) is 29.6 Å². The minimum Gasteiger partial charge on any atom is -0.392 e. The maximum absolute atomic E-state index is 10.3. The third kappa shape index (κ3) is 6.36. The van der Waals surface area contributed by atoms with Crippen LogP contribution in [-0.4, -0.2) is 27.4 Å². The summed E-state index contributed by atoms with van der Waals surface area (Å²) in [5, 5.41) is 22.9. The van der Waals surface area contributed by atoms with Gasteiger partial charge in [0, 0.05) is 32.2 Å². The molecule has 4 unspecified atom stereocenters. The van der Waals surface area contributed by atoms with Gasteiger partial charge in [0.05, 0.1) is 12.2 Å². The van der Waals surface area contributed by atoms with E-state index in [0.29, 0.717) is 29.6 Å². The van der Waals surface area contributed by atoms with E-state index in [0.717, 1.165) is 36.1 Å². The van der Waals surface area contributed by atoms with Crippen LogP contribution in [0.5, 0.6) is 0 Å². The Kier molecular flexibility index (Phi) is 10.1. The second-order valence-corrected chi connectivity index (χ2v) is 11.9. The predicted molar refractivity (Wildman–Crippen MR) is 150 cm³/mol. The fourth-order valence-electron chi connectivity index (χ4n) is 6.64. The molecule has 2 aliphatic rings. The molecule has 0 amide bonds. The summed E-state index contributed by atoms with van der Waals surface area (Å²) >= 11 is 0. The van der Waals surface area contributed by atoms with Crippen LogP contribution >= 0.6 is 0 Å². The smallest absolute Gasteiger partial charge is 0.0626 e. The summed E-state index contributed by atoms with van der Waals surface area (Å²) in [4.78, 5) is 4.63. The second kappa shape index (κ2) is 12.5. The number of hydrogen-bond acceptors (Lipinski definition) is 3. The molecule has 0 saturated heterocycles. The maximum Gasteiger partial charge on any atom is 0.0626 e. The van der Waals surface area contributed by atoms with Crippen LogP contribution in [0.4, 0.5) is 0 Å². The van der Waals surface area contributed by atoms with Crippen molar-refractivity contribution in [1.29, 1.82) is 0 Å². The Morgan fingerprint density at radius 3 is 2.30 bits per heavy atom. The number of pyridine rings is 1. The topological polar surface area (TPSA) is 53.4 Å². The van der Waals surface area contributed by atoms with Gasteiger partial charge in [-0.2, -0.15) is 0 Å². The number of aliphatic hydroxyl groups excluding tert-OH is 2. The first kappa shape index (κ1) is 30.0. The van der Waals surface area contributed by atoms with E-state index in [2.05, 4.69) is 95.9 Å². The average molecular weight is 679 g/mol. The minimum atomic E-state index is -0.262. The first-order valence-corrected chi connectivity index (χ1v) is 13.9. The summed E-state index contributed by atoms with van der Waals surface area (Å²) in [5.41, 5.74) is 5.87. The second-order valence-electron chi connectivity index (χ2n) is 11.9. The average Bonchev–Trinajstić information content (AvgIpc) is 3.33. The fourth-order valence-corrected chi connectivity index (χ4v) is 6.64. The summed E-state index contributed by atoms with van der Waals surface area (Å²) < 4.78 is 0. The van der Waals surface area contributed by atoms with Crippen LogP contribution in [-0.2, 0) is 20.1 Å². The molecule has 5 rings (SSSR count). The number of aliphatic hydroxyl groups is 2. The summed E-state index contributed by atoms with van der Waals surface area (Å²) in [6, 6.07) is 16.5. The van der Waals surface area contributed by atoms with Gasteiger partial charge in [0.1, 0.15) is 0 Å². The molecule has 2 aliphatic carbocycles. The number of aryl methyl sites for hydroxylation is 2. The van der Waals surface area contributed by atoms with Gasteiger partial charge in [-0.3, -0.25) is 0 Å². The zero-order chi connectivity index (χ0) is 26.1. The van der Waals surface area contributed by atoms with Crippen LogP contribution in [0, 0.1) is 49.5 Å². The Labute approximate surface area is 237 Å². The molecule has 203 valence electrons. The van der Waals surface area contributed by atoms with Gasteiger partial charge >= 0.3 is 0 Å². The summed E-state index contributed by atoms with van der Waals surface area (Å²) in [7, 11) is 0. The molecule has 3 nitrogen and oxygen atoms in total. The summed E-state index contributed by atoms with van der Waals surface area (Å²) in [5.74, 6) is 2.65. The first-order valence-electron chi connectivity index (χ1n) is 13.9. The van der Waals surface area contributed by atoms with E-state index in [1.165, 1.54) is 21.9 Å². The molecule has 0 bridgehead atoms. The molecule has 0 aliphatic heterocycles. The first-order chi connectivity index (χ1) is 17.1. The SMILES string of the molecule is CC[C@H]1CC2C[C@H](C(C)C)C(O)C2C1O.Cc1[c-]c(-c2nccc3ccc(C(C)C)cc23)cc(C)c1.[Ir]. The van der Waals surface area contributed by atoms with Crippen molar-refractivity contribution in [3.05, 3.63) is 65.4 Å². The third-order valence-corrected chi connectivity index (χ3v) is 8.68. The Balaban J connectivity index is 0.000000211. The van der Waals surface area contributed by atoms with Crippen LogP contribution in [0.25, 0.3) is 22.0 Å². The van der Waals surface area contributed by atoms with Gasteiger partial charge in [0.2, 0.25) is 0 Å². The number of fused-ring (bicyclic) bond motifs is 2. The predicted octanol–water partition coefficient (Wildman–Crippen LogP) is 7.49. The minimum absolute atomic E-state index is 0.